The van der Waals surface area contributed by atoms with Gasteiger partial charge in [0.1, 0.15) is 23.3 Å². The van der Waals surface area contributed by atoms with Gasteiger partial charge in [0, 0.05) is 21.9 Å². The molecule has 0 bridgehead atoms. The molecule has 0 saturated carbocycles. The fourth-order valence-corrected chi connectivity index (χ4v) is 5.39. The Morgan fingerprint density at radius 3 is 2.54 bits per heavy atom. The predicted octanol–water partition coefficient (Wildman–Crippen LogP) is 7.38. The second-order valence-corrected chi connectivity index (χ2v) is 10.1. The summed E-state index contributed by atoms with van der Waals surface area (Å²) in [4.78, 5) is 6.71. The molecule has 7 heteroatoms. The zero-order valence-corrected chi connectivity index (χ0v) is 22.1. The van der Waals surface area contributed by atoms with Crippen molar-refractivity contribution >= 4 is 38.9 Å². The molecule has 0 amide bonds. The lowest BCUT2D eigenvalue weighted by Crippen LogP contribution is -2.29. The number of hydrogen-bond donors (Lipinski definition) is 1. The Labute approximate surface area is 219 Å². The first kappa shape index (κ1) is 23.6. The summed E-state index contributed by atoms with van der Waals surface area (Å²) in [5.41, 5.74) is 4.05. The number of thiocarbonyl (C=S) groups is 1. The molecule has 1 N–H and O–H groups in total. The average molecular weight is 549 g/mol. The van der Waals surface area contributed by atoms with Crippen LogP contribution in [-0.2, 0) is 0 Å². The van der Waals surface area contributed by atoms with E-state index in [-0.39, 0.29) is 18.2 Å². The lowest BCUT2D eigenvalue weighted by atomic mass is 10.0. The van der Waals surface area contributed by atoms with Crippen LogP contribution >= 0.6 is 28.1 Å². The van der Waals surface area contributed by atoms with E-state index in [2.05, 4.69) is 56.3 Å². The van der Waals surface area contributed by atoms with Crippen LogP contribution in [0.5, 0.6) is 5.75 Å². The molecule has 0 aliphatic carbocycles. The maximum absolute atomic E-state index is 6.48. The summed E-state index contributed by atoms with van der Waals surface area (Å²) in [6.07, 6.45) is 1.91. The molecular weight excluding hydrogens is 522 g/mol. The number of halogens is 1. The molecule has 3 heterocycles. The molecule has 2 aromatic carbocycles. The largest absolute Gasteiger partial charge is 0.491 e. The van der Waals surface area contributed by atoms with Crippen LogP contribution < -0.4 is 15.0 Å². The standard InChI is InChI=1S/C28H26BrN3O2S/c1-17(2)33-20-10-8-19(9-11-20)32-27(26(31-28(32)35)23-6-4-5-15-30-23)25-14-13-24(34-25)21-12-7-18(3)16-22(21)29/h4-17,26-27H,1-3H3,(H,31,35)/t26-,27-/m0/s1. The van der Waals surface area contributed by atoms with Crippen molar-refractivity contribution in [3.8, 4) is 17.1 Å². The van der Waals surface area contributed by atoms with E-state index in [0.717, 1.165) is 38.7 Å². The Kier molecular flexibility index (Phi) is 6.62. The van der Waals surface area contributed by atoms with Crippen molar-refractivity contribution in [1.29, 1.82) is 0 Å². The van der Waals surface area contributed by atoms with Crippen molar-refractivity contribution in [3.05, 3.63) is 100 Å². The van der Waals surface area contributed by atoms with Gasteiger partial charge >= 0.3 is 0 Å². The van der Waals surface area contributed by atoms with Crippen LogP contribution in [0.3, 0.4) is 0 Å². The maximum Gasteiger partial charge on any atom is 0.174 e. The van der Waals surface area contributed by atoms with E-state index in [4.69, 9.17) is 21.4 Å². The number of hydrogen-bond acceptors (Lipinski definition) is 4. The molecule has 2 aromatic heterocycles. The van der Waals surface area contributed by atoms with Crippen molar-refractivity contribution in [1.82, 2.24) is 10.3 Å². The Balaban J connectivity index is 1.56. The van der Waals surface area contributed by atoms with Gasteiger partial charge in [0.2, 0.25) is 0 Å². The summed E-state index contributed by atoms with van der Waals surface area (Å²) in [6.45, 7) is 6.10. The van der Waals surface area contributed by atoms with Gasteiger partial charge in [0.25, 0.3) is 0 Å². The van der Waals surface area contributed by atoms with Gasteiger partial charge in [-0.3, -0.25) is 4.98 Å². The smallest absolute Gasteiger partial charge is 0.174 e. The maximum atomic E-state index is 6.48. The highest BCUT2D eigenvalue weighted by Crippen LogP contribution is 2.43. The minimum Gasteiger partial charge on any atom is -0.491 e. The minimum atomic E-state index is -0.216. The monoisotopic (exact) mass is 547 g/mol. The number of nitrogens with one attached hydrogen (secondary N) is 1. The third kappa shape index (κ3) is 4.83. The zero-order valence-electron chi connectivity index (χ0n) is 19.7. The minimum absolute atomic E-state index is 0.110. The van der Waals surface area contributed by atoms with Gasteiger partial charge < -0.3 is 19.4 Å². The van der Waals surface area contributed by atoms with Crippen LogP contribution in [0.1, 0.15) is 42.9 Å². The first-order valence-corrected chi connectivity index (χ1v) is 12.7. The van der Waals surface area contributed by atoms with Crippen molar-refractivity contribution in [2.75, 3.05) is 4.90 Å². The van der Waals surface area contributed by atoms with Gasteiger partial charge in [-0.2, -0.15) is 0 Å². The quantitative estimate of drug-likeness (QED) is 0.254. The number of pyridine rings is 1. The van der Waals surface area contributed by atoms with Crippen molar-refractivity contribution < 1.29 is 9.15 Å². The van der Waals surface area contributed by atoms with Gasteiger partial charge in [-0.1, -0.05) is 28.1 Å². The molecule has 0 spiro atoms. The van der Waals surface area contributed by atoms with E-state index in [0.29, 0.717) is 5.11 Å². The van der Waals surface area contributed by atoms with E-state index in [1.54, 1.807) is 6.20 Å². The number of nitrogens with zero attached hydrogens (tertiary/aromatic N) is 2. The molecule has 1 fully saturated rings. The Morgan fingerprint density at radius 2 is 1.86 bits per heavy atom. The molecule has 0 unspecified atom stereocenters. The number of furan rings is 1. The number of benzene rings is 2. The van der Waals surface area contributed by atoms with Crippen LogP contribution in [0.4, 0.5) is 5.69 Å². The Bertz CT molecular complexity index is 1340. The van der Waals surface area contributed by atoms with Gasteiger partial charge in [0.05, 0.1) is 17.8 Å². The van der Waals surface area contributed by atoms with E-state index in [1.807, 2.05) is 68.4 Å². The van der Waals surface area contributed by atoms with Crippen molar-refractivity contribution in [2.24, 2.45) is 0 Å². The summed E-state index contributed by atoms with van der Waals surface area (Å²) in [6, 6.07) is 23.8. The molecule has 1 aliphatic heterocycles. The van der Waals surface area contributed by atoms with Crippen LogP contribution in [0.25, 0.3) is 11.3 Å². The molecule has 5 rings (SSSR count). The molecule has 0 radical (unpaired) electrons. The highest BCUT2D eigenvalue weighted by Gasteiger charge is 2.42. The molecule has 2 atom stereocenters. The fraction of sp³-hybridized carbons (Fsp3) is 0.214. The molecular formula is C28H26BrN3O2S. The lowest BCUT2D eigenvalue weighted by Gasteiger charge is -2.26. The second kappa shape index (κ2) is 9.84. The van der Waals surface area contributed by atoms with Crippen LogP contribution in [0.15, 0.2) is 87.9 Å². The predicted molar refractivity (Wildman–Crippen MR) is 147 cm³/mol. The SMILES string of the molecule is Cc1ccc(-c2ccc([C@H]3[C@H](c4ccccn4)NC(=S)N3c3ccc(OC(C)C)cc3)o2)c(Br)c1. The Morgan fingerprint density at radius 1 is 1.06 bits per heavy atom. The van der Waals surface area contributed by atoms with E-state index in [1.165, 1.54) is 5.56 Å². The molecule has 5 nitrogen and oxygen atoms in total. The summed E-state index contributed by atoms with van der Waals surface area (Å²) < 4.78 is 13.3. The number of aryl methyl sites for hydroxylation is 1. The van der Waals surface area contributed by atoms with E-state index >= 15 is 0 Å². The lowest BCUT2D eigenvalue weighted by molar-refractivity contribution is 0.242. The first-order valence-electron chi connectivity index (χ1n) is 11.5. The highest BCUT2D eigenvalue weighted by atomic mass is 79.9. The van der Waals surface area contributed by atoms with Crippen LogP contribution in [0.2, 0.25) is 0 Å². The van der Waals surface area contributed by atoms with Gasteiger partial charge in [-0.15, -0.1) is 0 Å². The Hall–Kier alpha value is -3.16. The highest BCUT2D eigenvalue weighted by molar-refractivity contribution is 9.10. The normalized spacial score (nSPS) is 17.6. The fourth-order valence-electron chi connectivity index (χ4n) is 4.36. The van der Waals surface area contributed by atoms with Crippen molar-refractivity contribution in [2.45, 2.75) is 39.0 Å². The third-order valence-electron chi connectivity index (χ3n) is 5.89. The van der Waals surface area contributed by atoms with Gasteiger partial charge in [0.15, 0.2) is 5.11 Å². The summed E-state index contributed by atoms with van der Waals surface area (Å²) in [5.74, 6) is 2.42. The summed E-state index contributed by atoms with van der Waals surface area (Å²) >= 11 is 9.50. The second-order valence-electron chi connectivity index (χ2n) is 8.84. The number of ether oxygens (including phenoxy) is 1. The van der Waals surface area contributed by atoms with Gasteiger partial charge in [-0.25, -0.2) is 0 Å². The summed E-state index contributed by atoms with van der Waals surface area (Å²) in [5, 5.41) is 4.10. The molecule has 1 saturated heterocycles. The first-order chi connectivity index (χ1) is 16.9. The number of anilines is 1. The molecule has 178 valence electrons. The van der Waals surface area contributed by atoms with E-state index < -0.39 is 0 Å². The number of aromatic nitrogens is 1. The summed E-state index contributed by atoms with van der Waals surface area (Å²) in [7, 11) is 0. The van der Waals surface area contributed by atoms with E-state index in [9.17, 15) is 0 Å². The van der Waals surface area contributed by atoms with Gasteiger partial charge in [-0.05, 0) is 99.2 Å². The topological polar surface area (TPSA) is 50.5 Å². The molecule has 1 aliphatic rings. The molecule has 4 aromatic rings. The van der Waals surface area contributed by atoms with Crippen LogP contribution in [-0.4, -0.2) is 16.2 Å². The molecule has 35 heavy (non-hydrogen) atoms. The van der Waals surface area contributed by atoms with Crippen LogP contribution in [0, 0.1) is 6.92 Å². The zero-order chi connectivity index (χ0) is 24.5. The van der Waals surface area contributed by atoms with Crippen molar-refractivity contribution in [3.63, 3.8) is 0 Å². The third-order valence-corrected chi connectivity index (χ3v) is 6.86. The average Bonchev–Trinajstić information content (AvgIpc) is 3.44. The number of rotatable bonds is 6.